The van der Waals surface area contributed by atoms with Gasteiger partial charge in [-0.05, 0) is 30.7 Å². The van der Waals surface area contributed by atoms with Gasteiger partial charge in [0, 0.05) is 18.6 Å². The second-order valence-electron chi connectivity index (χ2n) is 5.83. The first-order chi connectivity index (χ1) is 8.81. The predicted molar refractivity (Wildman–Crippen MR) is 71.5 cm³/mol. The van der Waals surface area contributed by atoms with Crippen LogP contribution in [-0.2, 0) is 10.2 Å². The summed E-state index contributed by atoms with van der Waals surface area (Å²) in [5.74, 6) is 0.767. The van der Waals surface area contributed by atoms with Gasteiger partial charge in [-0.15, -0.1) is 0 Å². The summed E-state index contributed by atoms with van der Waals surface area (Å²) in [5, 5.41) is 10.7. The number of aliphatic hydroxyl groups is 1. The van der Waals surface area contributed by atoms with Crippen LogP contribution in [0.25, 0.3) is 0 Å². The summed E-state index contributed by atoms with van der Waals surface area (Å²) >= 11 is 0. The topological polar surface area (TPSA) is 29.5 Å². The Hall–Kier alpha value is -0.860. The van der Waals surface area contributed by atoms with Crippen LogP contribution in [0.1, 0.15) is 37.7 Å². The molecule has 1 aliphatic carbocycles. The molecule has 0 amide bonds. The molecule has 0 aromatic heterocycles. The quantitative estimate of drug-likeness (QED) is 0.885. The Balaban J connectivity index is 1.86. The maximum atomic E-state index is 10.7. The van der Waals surface area contributed by atoms with Crippen LogP contribution in [0.4, 0.5) is 0 Å². The number of rotatable bonds is 4. The third-order valence-electron chi connectivity index (χ3n) is 4.63. The maximum absolute atomic E-state index is 10.7. The largest absolute Gasteiger partial charge is 0.392 e. The van der Waals surface area contributed by atoms with Gasteiger partial charge in [-0.3, -0.25) is 0 Å². The summed E-state index contributed by atoms with van der Waals surface area (Å²) in [6, 6.07) is 10.5. The lowest BCUT2D eigenvalue weighted by Crippen LogP contribution is -2.44. The first kappa shape index (κ1) is 12.2. The van der Waals surface area contributed by atoms with Crippen LogP contribution in [0.2, 0.25) is 0 Å². The van der Waals surface area contributed by atoms with Crippen molar-refractivity contribution >= 4 is 0 Å². The molecule has 0 radical (unpaired) electrons. The average molecular weight is 246 g/mol. The van der Waals surface area contributed by atoms with E-state index in [0.29, 0.717) is 0 Å². The molecule has 1 aliphatic heterocycles. The number of ether oxygens (including phenoxy) is 1. The van der Waals surface area contributed by atoms with Gasteiger partial charge in [0.15, 0.2) is 0 Å². The zero-order valence-electron chi connectivity index (χ0n) is 10.8. The molecule has 1 aromatic carbocycles. The van der Waals surface area contributed by atoms with Crippen molar-refractivity contribution in [3.63, 3.8) is 0 Å². The molecule has 98 valence electrons. The Morgan fingerprint density at radius 2 is 1.83 bits per heavy atom. The fraction of sp³-hybridized carbons (Fsp3) is 0.625. The molecule has 1 heterocycles. The summed E-state index contributed by atoms with van der Waals surface area (Å²) < 4.78 is 5.51. The molecule has 1 unspecified atom stereocenters. The molecule has 2 fully saturated rings. The Morgan fingerprint density at radius 3 is 2.44 bits per heavy atom. The van der Waals surface area contributed by atoms with Crippen molar-refractivity contribution < 1.29 is 9.84 Å². The third-order valence-corrected chi connectivity index (χ3v) is 4.63. The monoisotopic (exact) mass is 246 g/mol. The van der Waals surface area contributed by atoms with Crippen molar-refractivity contribution in [2.24, 2.45) is 5.92 Å². The van der Waals surface area contributed by atoms with E-state index in [-0.39, 0.29) is 11.5 Å². The summed E-state index contributed by atoms with van der Waals surface area (Å²) in [7, 11) is 0. The van der Waals surface area contributed by atoms with Crippen molar-refractivity contribution in [3.05, 3.63) is 35.9 Å². The Labute approximate surface area is 109 Å². The molecule has 0 spiro atoms. The zero-order valence-corrected chi connectivity index (χ0v) is 10.8. The minimum Gasteiger partial charge on any atom is -0.392 e. The van der Waals surface area contributed by atoms with Crippen LogP contribution >= 0.6 is 0 Å². The molecule has 18 heavy (non-hydrogen) atoms. The normalized spacial score (nSPS) is 24.7. The van der Waals surface area contributed by atoms with E-state index in [9.17, 15) is 5.11 Å². The Bertz CT molecular complexity index is 377. The molecule has 1 aromatic rings. The van der Waals surface area contributed by atoms with E-state index in [2.05, 4.69) is 24.3 Å². The molecule has 2 nitrogen and oxygen atoms in total. The average Bonchev–Trinajstić information content (AvgIpc) is 3.24. The fourth-order valence-corrected chi connectivity index (χ4v) is 3.21. The van der Waals surface area contributed by atoms with Gasteiger partial charge in [-0.2, -0.15) is 0 Å². The smallest absolute Gasteiger partial charge is 0.0641 e. The van der Waals surface area contributed by atoms with Gasteiger partial charge in [-0.1, -0.05) is 43.2 Å². The summed E-state index contributed by atoms with van der Waals surface area (Å²) in [6.45, 7) is 1.55. The molecular formula is C16H22O2. The highest BCUT2D eigenvalue weighted by Gasteiger charge is 2.42. The second kappa shape index (κ2) is 5.02. The minimum atomic E-state index is -0.212. The summed E-state index contributed by atoms with van der Waals surface area (Å²) in [5.41, 5.74) is 1.23. The third kappa shape index (κ3) is 2.32. The first-order valence-corrected chi connectivity index (χ1v) is 7.13. The van der Waals surface area contributed by atoms with Crippen LogP contribution in [0, 0.1) is 5.92 Å². The number of hydrogen-bond acceptors (Lipinski definition) is 2. The molecule has 2 aliphatic rings. The molecule has 1 N–H and O–H groups in total. The van der Waals surface area contributed by atoms with Gasteiger partial charge in [0.05, 0.1) is 6.10 Å². The van der Waals surface area contributed by atoms with E-state index < -0.39 is 0 Å². The van der Waals surface area contributed by atoms with Gasteiger partial charge < -0.3 is 9.84 Å². The van der Waals surface area contributed by atoms with Gasteiger partial charge in [0.25, 0.3) is 0 Å². The number of hydrogen-bond donors (Lipinski definition) is 1. The van der Waals surface area contributed by atoms with Crippen molar-refractivity contribution in [2.75, 3.05) is 13.2 Å². The van der Waals surface area contributed by atoms with Crippen molar-refractivity contribution in [3.8, 4) is 0 Å². The summed E-state index contributed by atoms with van der Waals surface area (Å²) in [6.07, 6.45) is 5.26. The minimum absolute atomic E-state index is 0.0674. The predicted octanol–water partition coefficient (Wildman–Crippen LogP) is 2.90. The Kier molecular flexibility index (Phi) is 3.40. The number of benzene rings is 1. The van der Waals surface area contributed by atoms with Crippen LogP contribution in [0.3, 0.4) is 0 Å². The molecule has 2 heteroatoms. The van der Waals surface area contributed by atoms with Crippen molar-refractivity contribution in [1.82, 2.24) is 0 Å². The standard InChI is InChI=1S/C16H22O2/c17-15(12-13-6-7-13)16(8-10-18-11-9-16)14-4-2-1-3-5-14/h1-5,13,15,17H,6-12H2. The van der Waals surface area contributed by atoms with E-state index in [1.807, 2.05) is 6.07 Å². The second-order valence-corrected chi connectivity index (χ2v) is 5.83. The Morgan fingerprint density at radius 1 is 1.17 bits per heavy atom. The van der Waals surface area contributed by atoms with Crippen molar-refractivity contribution in [2.45, 2.75) is 43.6 Å². The molecule has 1 atom stereocenters. The van der Waals surface area contributed by atoms with E-state index in [1.54, 1.807) is 0 Å². The maximum Gasteiger partial charge on any atom is 0.0641 e. The lowest BCUT2D eigenvalue weighted by Gasteiger charge is -2.41. The molecular weight excluding hydrogens is 224 g/mol. The highest BCUT2D eigenvalue weighted by Crippen LogP contribution is 2.43. The van der Waals surface area contributed by atoms with E-state index in [1.165, 1.54) is 18.4 Å². The van der Waals surface area contributed by atoms with E-state index >= 15 is 0 Å². The highest BCUT2D eigenvalue weighted by atomic mass is 16.5. The molecule has 0 bridgehead atoms. The van der Waals surface area contributed by atoms with E-state index in [0.717, 1.165) is 38.4 Å². The van der Waals surface area contributed by atoms with Gasteiger partial charge in [-0.25, -0.2) is 0 Å². The number of aliphatic hydroxyl groups excluding tert-OH is 1. The van der Waals surface area contributed by atoms with Gasteiger partial charge in [0.2, 0.25) is 0 Å². The van der Waals surface area contributed by atoms with Crippen LogP contribution in [0.15, 0.2) is 30.3 Å². The fourth-order valence-electron chi connectivity index (χ4n) is 3.21. The SMILES string of the molecule is OC(CC1CC1)C1(c2ccccc2)CCOCC1. The lowest BCUT2D eigenvalue weighted by atomic mass is 9.68. The van der Waals surface area contributed by atoms with E-state index in [4.69, 9.17) is 4.74 Å². The summed E-state index contributed by atoms with van der Waals surface area (Å²) in [4.78, 5) is 0. The zero-order chi connectivity index (χ0) is 12.4. The first-order valence-electron chi connectivity index (χ1n) is 7.13. The van der Waals surface area contributed by atoms with Crippen LogP contribution in [0.5, 0.6) is 0 Å². The van der Waals surface area contributed by atoms with Crippen molar-refractivity contribution in [1.29, 1.82) is 0 Å². The highest BCUT2D eigenvalue weighted by molar-refractivity contribution is 5.28. The molecule has 3 rings (SSSR count). The molecule has 1 saturated heterocycles. The molecule has 1 saturated carbocycles. The van der Waals surface area contributed by atoms with Gasteiger partial charge in [0.1, 0.15) is 0 Å². The van der Waals surface area contributed by atoms with Crippen LogP contribution < -0.4 is 0 Å². The van der Waals surface area contributed by atoms with Crippen LogP contribution in [-0.4, -0.2) is 24.4 Å². The lowest BCUT2D eigenvalue weighted by molar-refractivity contribution is -0.0209. The van der Waals surface area contributed by atoms with Gasteiger partial charge >= 0.3 is 0 Å².